The van der Waals surface area contributed by atoms with Gasteiger partial charge in [0.1, 0.15) is 0 Å². The molecule has 0 aromatic heterocycles. The highest BCUT2D eigenvalue weighted by atomic mass is 16.5. The first-order valence-electron chi connectivity index (χ1n) is 8.19. The number of hydrogen-bond donors (Lipinski definition) is 3. The molecule has 1 rings (SSSR count). The van der Waals surface area contributed by atoms with Crippen LogP contribution in [0.2, 0.25) is 0 Å². The molecule has 3 N–H and O–H groups in total. The fourth-order valence-electron chi connectivity index (χ4n) is 2.58. The van der Waals surface area contributed by atoms with Crippen molar-refractivity contribution < 1.29 is 39.2 Å². The molecule has 0 fully saturated rings. The van der Waals surface area contributed by atoms with Gasteiger partial charge in [0.25, 0.3) is 0 Å². The van der Waals surface area contributed by atoms with Crippen molar-refractivity contribution in [1.82, 2.24) is 0 Å². The third-order valence-electron chi connectivity index (χ3n) is 3.62. The van der Waals surface area contributed by atoms with Crippen molar-refractivity contribution in [2.45, 2.75) is 26.7 Å². The predicted octanol–water partition coefficient (Wildman–Crippen LogP) is 2.97. The fraction of sp³-hybridized carbons (Fsp3) is 0.316. The summed E-state index contributed by atoms with van der Waals surface area (Å²) >= 11 is 0. The van der Waals surface area contributed by atoms with Crippen LogP contribution in [-0.2, 0) is 22.3 Å². The highest BCUT2D eigenvalue weighted by molar-refractivity contribution is 6.03. The van der Waals surface area contributed by atoms with E-state index in [1.807, 2.05) is 0 Å². The molecular formula is C19H22O8. The average Bonchev–Trinajstić information content (AvgIpc) is 2.61. The summed E-state index contributed by atoms with van der Waals surface area (Å²) in [5, 5.41) is 28.6. The lowest BCUT2D eigenvalue weighted by molar-refractivity contribution is 0.0693. The Hall–Kier alpha value is -3.29. The maximum Gasteiger partial charge on any atom is 0.336 e. The Labute approximate surface area is 156 Å². The third kappa shape index (κ3) is 5.88. The first-order chi connectivity index (χ1) is 12.8. The molecule has 0 radical (unpaired) electrons. The average molecular weight is 378 g/mol. The zero-order chi connectivity index (χ0) is 20.4. The van der Waals surface area contributed by atoms with Gasteiger partial charge in [0.2, 0.25) is 0 Å². The largest absolute Gasteiger partial charge is 0.501 e. The topological polar surface area (TPSA) is 130 Å². The van der Waals surface area contributed by atoms with Crippen LogP contribution in [0.25, 0.3) is 0 Å². The number of ether oxygens (including phenoxy) is 2. The van der Waals surface area contributed by atoms with Crippen molar-refractivity contribution >= 4 is 17.9 Å². The molecule has 0 saturated carbocycles. The van der Waals surface area contributed by atoms with Gasteiger partial charge >= 0.3 is 17.9 Å². The van der Waals surface area contributed by atoms with E-state index in [0.717, 1.165) is 6.07 Å². The quantitative estimate of drug-likeness (QED) is 0.396. The first kappa shape index (κ1) is 21.8. The predicted molar refractivity (Wildman–Crippen MR) is 96.3 cm³/mol. The van der Waals surface area contributed by atoms with Crippen LogP contribution in [0.5, 0.6) is 0 Å². The van der Waals surface area contributed by atoms with E-state index in [1.165, 1.54) is 12.5 Å². The fourth-order valence-corrected chi connectivity index (χ4v) is 2.58. The molecule has 0 saturated heterocycles. The first-order valence-corrected chi connectivity index (χ1v) is 8.19. The minimum atomic E-state index is -1.40. The van der Waals surface area contributed by atoms with E-state index in [4.69, 9.17) is 9.47 Å². The van der Waals surface area contributed by atoms with E-state index in [-0.39, 0.29) is 53.9 Å². The maximum atomic E-state index is 11.9. The lowest BCUT2D eigenvalue weighted by Gasteiger charge is -2.17. The minimum absolute atomic E-state index is 0.00374. The van der Waals surface area contributed by atoms with E-state index in [0.29, 0.717) is 0 Å². The van der Waals surface area contributed by atoms with Gasteiger partial charge in [-0.05, 0) is 31.0 Å². The Bertz CT molecular complexity index is 707. The number of aromatic carboxylic acids is 3. The molecule has 0 aliphatic rings. The standard InChI is InChI=1S/C19H22O8/c1-3-7-26-9-5-12-14(17(20)21)11-15(18(22)23)13(16(12)19(24)25)6-10-27-8-4-2/h3-4,7-8,11H,5-6,9-10H2,1-2H3,(H,20,21)(H,22,23)(H,24,25). The molecule has 0 aliphatic heterocycles. The van der Waals surface area contributed by atoms with Gasteiger partial charge in [-0.15, -0.1) is 0 Å². The molecule has 0 bridgehead atoms. The number of carboxylic acids is 3. The Kier molecular flexibility index (Phi) is 8.58. The minimum Gasteiger partial charge on any atom is -0.501 e. The monoisotopic (exact) mass is 378 g/mol. The van der Waals surface area contributed by atoms with Crippen LogP contribution in [-0.4, -0.2) is 46.4 Å². The van der Waals surface area contributed by atoms with Gasteiger partial charge in [-0.2, -0.15) is 0 Å². The van der Waals surface area contributed by atoms with E-state index < -0.39 is 17.9 Å². The SMILES string of the molecule is CC=COCCc1c(C(=O)O)cc(C(=O)O)c(CCOC=CC)c1C(=O)O. The van der Waals surface area contributed by atoms with Crippen LogP contribution in [0.1, 0.15) is 56.0 Å². The van der Waals surface area contributed by atoms with Crippen molar-refractivity contribution in [1.29, 1.82) is 0 Å². The van der Waals surface area contributed by atoms with Crippen LogP contribution in [0.4, 0.5) is 0 Å². The second kappa shape index (κ2) is 10.6. The summed E-state index contributed by atoms with van der Waals surface area (Å²) in [5.74, 6) is -4.21. The normalized spacial score (nSPS) is 11.0. The Morgan fingerprint density at radius 2 is 1.22 bits per heavy atom. The van der Waals surface area contributed by atoms with E-state index in [9.17, 15) is 29.7 Å². The molecule has 8 nitrogen and oxygen atoms in total. The van der Waals surface area contributed by atoms with Gasteiger partial charge in [-0.3, -0.25) is 0 Å². The summed E-state index contributed by atoms with van der Waals surface area (Å²) in [5.41, 5.74) is -1.03. The molecule has 0 aliphatic carbocycles. The molecule has 0 spiro atoms. The van der Waals surface area contributed by atoms with Gasteiger partial charge in [0.15, 0.2) is 0 Å². The second-order valence-electron chi connectivity index (χ2n) is 5.40. The zero-order valence-corrected chi connectivity index (χ0v) is 15.1. The summed E-state index contributed by atoms with van der Waals surface area (Å²) in [6, 6.07) is 0.993. The summed E-state index contributed by atoms with van der Waals surface area (Å²) < 4.78 is 10.3. The smallest absolute Gasteiger partial charge is 0.336 e. The molecule has 27 heavy (non-hydrogen) atoms. The molecule has 1 aromatic carbocycles. The lowest BCUT2D eigenvalue weighted by Crippen LogP contribution is -2.19. The van der Waals surface area contributed by atoms with Crippen molar-refractivity contribution in [2.75, 3.05) is 13.2 Å². The van der Waals surface area contributed by atoms with Gasteiger partial charge in [-0.1, -0.05) is 12.2 Å². The van der Waals surface area contributed by atoms with E-state index in [2.05, 4.69) is 0 Å². The maximum absolute atomic E-state index is 11.9. The highest BCUT2D eigenvalue weighted by Crippen LogP contribution is 2.26. The number of hydrogen-bond acceptors (Lipinski definition) is 5. The van der Waals surface area contributed by atoms with Crippen LogP contribution < -0.4 is 0 Å². The van der Waals surface area contributed by atoms with Gasteiger partial charge in [-0.25, -0.2) is 14.4 Å². The summed E-state index contributed by atoms with van der Waals surface area (Å²) in [6.07, 6.45) is 6.06. The van der Waals surface area contributed by atoms with Crippen LogP contribution >= 0.6 is 0 Å². The van der Waals surface area contributed by atoms with Crippen molar-refractivity contribution in [3.8, 4) is 0 Å². The zero-order valence-electron chi connectivity index (χ0n) is 15.1. The van der Waals surface area contributed by atoms with Crippen molar-refractivity contribution in [3.63, 3.8) is 0 Å². The Balaban J connectivity index is 3.53. The Morgan fingerprint density at radius 1 is 0.815 bits per heavy atom. The summed E-state index contributed by atoms with van der Waals surface area (Å²) in [7, 11) is 0. The number of benzene rings is 1. The molecule has 0 heterocycles. The van der Waals surface area contributed by atoms with Gasteiger partial charge < -0.3 is 24.8 Å². The summed E-state index contributed by atoms with van der Waals surface area (Å²) in [6.45, 7) is 3.56. The molecular weight excluding hydrogens is 356 g/mol. The van der Waals surface area contributed by atoms with Gasteiger partial charge in [0, 0.05) is 12.8 Å². The molecule has 8 heteroatoms. The van der Waals surface area contributed by atoms with Crippen LogP contribution in [0.3, 0.4) is 0 Å². The lowest BCUT2D eigenvalue weighted by atomic mass is 9.88. The molecule has 146 valence electrons. The third-order valence-corrected chi connectivity index (χ3v) is 3.62. The van der Waals surface area contributed by atoms with Crippen LogP contribution in [0.15, 0.2) is 30.7 Å². The number of carbonyl (C=O) groups is 3. The van der Waals surface area contributed by atoms with Crippen LogP contribution in [0, 0.1) is 0 Å². The molecule has 0 unspecified atom stereocenters. The van der Waals surface area contributed by atoms with Gasteiger partial charge in [0.05, 0.1) is 42.4 Å². The highest BCUT2D eigenvalue weighted by Gasteiger charge is 2.27. The number of carboxylic acid groups (broad SMARTS) is 3. The molecule has 0 atom stereocenters. The molecule has 1 aromatic rings. The van der Waals surface area contributed by atoms with Crippen molar-refractivity contribution in [3.05, 3.63) is 58.6 Å². The number of rotatable bonds is 11. The van der Waals surface area contributed by atoms with E-state index >= 15 is 0 Å². The second-order valence-corrected chi connectivity index (χ2v) is 5.40. The molecule has 0 amide bonds. The summed E-state index contributed by atoms with van der Waals surface area (Å²) in [4.78, 5) is 35.1. The Morgan fingerprint density at radius 3 is 1.52 bits per heavy atom. The van der Waals surface area contributed by atoms with Crippen molar-refractivity contribution in [2.24, 2.45) is 0 Å². The van der Waals surface area contributed by atoms with E-state index in [1.54, 1.807) is 26.0 Å². The number of allylic oxidation sites excluding steroid dienone is 2.